The van der Waals surface area contributed by atoms with Crippen molar-refractivity contribution in [3.05, 3.63) is 11.6 Å². The molecule has 2 unspecified atom stereocenters. The van der Waals surface area contributed by atoms with Crippen LogP contribution in [0.2, 0.25) is 0 Å². The fraction of sp³-hybridized carbons (Fsp3) is 0.800. The lowest BCUT2D eigenvalue weighted by atomic mass is 10.1. The topological polar surface area (TPSA) is 56.7 Å². The molecule has 1 fully saturated rings. The summed E-state index contributed by atoms with van der Waals surface area (Å²) in [6.45, 7) is 0. The second kappa shape index (κ2) is 3.79. The third kappa shape index (κ3) is 1.67. The molecule has 0 radical (unpaired) electrons. The van der Waals surface area contributed by atoms with Crippen LogP contribution in [-0.4, -0.2) is 26.3 Å². The summed E-state index contributed by atoms with van der Waals surface area (Å²) in [5.41, 5.74) is 6.01. The highest BCUT2D eigenvalue weighted by Gasteiger charge is 2.26. The Hall–Kier alpha value is -0.550. The van der Waals surface area contributed by atoms with Gasteiger partial charge in [0.25, 0.3) is 0 Å². The monoisotopic (exact) mass is 224 g/mol. The van der Waals surface area contributed by atoms with E-state index < -0.39 is 0 Å². The molecule has 2 aliphatic rings. The molecule has 1 saturated heterocycles. The van der Waals surface area contributed by atoms with Gasteiger partial charge in [0.15, 0.2) is 5.82 Å². The van der Waals surface area contributed by atoms with E-state index >= 15 is 0 Å². The van der Waals surface area contributed by atoms with Gasteiger partial charge in [0, 0.05) is 18.1 Å². The standard InChI is InChI=1S/C10H16N4S/c11-8-2-1-3-9-12-10(13-14(8)9)7-4-5-15-6-7/h7-8H,1-6,11H2. The van der Waals surface area contributed by atoms with E-state index in [1.807, 2.05) is 16.4 Å². The first-order valence-electron chi connectivity index (χ1n) is 5.63. The molecular weight excluding hydrogens is 208 g/mol. The normalized spacial score (nSPS) is 30.5. The minimum Gasteiger partial charge on any atom is -0.310 e. The Balaban J connectivity index is 1.90. The Bertz CT molecular complexity index is 356. The Kier molecular flexibility index (Phi) is 2.44. The van der Waals surface area contributed by atoms with Crippen molar-refractivity contribution in [2.75, 3.05) is 11.5 Å². The zero-order valence-corrected chi connectivity index (χ0v) is 9.54. The second-order valence-corrected chi connectivity index (χ2v) is 5.50. The van der Waals surface area contributed by atoms with E-state index in [1.165, 1.54) is 17.9 Å². The molecule has 0 aromatic carbocycles. The van der Waals surface area contributed by atoms with Crippen LogP contribution in [0.25, 0.3) is 0 Å². The van der Waals surface area contributed by atoms with Gasteiger partial charge in [0.05, 0.1) is 0 Å². The van der Waals surface area contributed by atoms with Crippen molar-refractivity contribution in [3.8, 4) is 0 Å². The lowest BCUT2D eigenvalue weighted by Crippen LogP contribution is -2.25. The van der Waals surface area contributed by atoms with E-state index in [4.69, 9.17) is 5.73 Å². The van der Waals surface area contributed by atoms with Crippen LogP contribution in [-0.2, 0) is 6.42 Å². The minimum atomic E-state index is 0.0593. The molecule has 3 rings (SSSR count). The number of hydrogen-bond donors (Lipinski definition) is 1. The molecule has 2 atom stereocenters. The molecule has 0 aliphatic carbocycles. The quantitative estimate of drug-likeness (QED) is 0.781. The van der Waals surface area contributed by atoms with Gasteiger partial charge in [-0.25, -0.2) is 9.67 Å². The molecule has 0 saturated carbocycles. The van der Waals surface area contributed by atoms with Gasteiger partial charge in [0.2, 0.25) is 0 Å². The molecule has 0 amide bonds. The largest absolute Gasteiger partial charge is 0.310 e. The maximum atomic E-state index is 6.01. The van der Waals surface area contributed by atoms with Crippen molar-refractivity contribution in [1.82, 2.24) is 14.8 Å². The van der Waals surface area contributed by atoms with Crippen LogP contribution < -0.4 is 5.73 Å². The Morgan fingerprint density at radius 3 is 3.07 bits per heavy atom. The van der Waals surface area contributed by atoms with Gasteiger partial charge in [-0.2, -0.15) is 16.9 Å². The predicted molar refractivity (Wildman–Crippen MR) is 60.9 cm³/mol. The van der Waals surface area contributed by atoms with Crippen molar-refractivity contribution in [2.24, 2.45) is 5.73 Å². The molecule has 4 nitrogen and oxygen atoms in total. The number of hydrogen-bond acceptors (Lipinski definition) is 4. The Morgan fingerprint density at radius 1 is 1.40 bits per heavy atom. The van der Waals surface area contributed by atoms with Crippen molar-refractivity contribution in [2.45, 2.75) is 37.8 Å². The zero-order valence-electron chi connectivity index (χ0n) is 8.72. The van der Waals surface area contributed by atoms with E-state index in [0.29, 0.717) is 5.92 Å². The van der Waals surface area contributed by atoms with Crippen molar-refractivity contribution in [3.63, 3.8) is 0 Å². The highest BCUT2D eigenvalue weighted by atomic mass is 32.2. The molecule has 3 heterocycles. The summed E-state index contributed by atoms with van der Waals surface area (Å²) >= 11 is 2.00. The first kappa shape index (κ1) is 9.66. The van der Waals surface area contributed by atoms with Crippen LogP contribution in [0.5, 0.6) is 0 Å². The number of aryl methyl sites for hydroxylation is 1. The van der Waals surface area contributed by atoms with E-state index in [-0.39, 0.29) is 6.17 Å². The summed E-state index contributed by atoms with van der Waals surface area (Å²) in [5, 5.41) is 4.58. The molecule has 5 heteroatoms. The summed E-state index contributed by atoms with van der Waals surface area (Å²) in [6, 6.07) is 0. The fourth-order valence-electron chi connectivity index (χ4n) is 2.31. The predicted octanol–water partition coefficient (Wildman–Crippen LogP) is 1.29. The van der Waals surface area contributed by atoms with Crippen LogP contribution in [0, 0.1) is 0 Å². The molecule has 0 bridgehead atoms. The number of nitrogens with two attached hydrogens (primary N) is 1. The van der Waals surface area contributed by atoms with Gasteiger partial charge in [-0.1, -0.05) is 0 Å². The van der Waals surface area contributed by atoms with Gasteiger partial charge in [-0.15, -0.1) is 0 Å². The van der Waals surface area contributed by atoms with E-state index in [0.717, 1.165) is 30.9 Å². The lowest BCUT2D eigenvalue weighted by molar-refractivity contribution is 0.370. The average Bonchev–Trinajstić information content (AvgIpc) is 2.86. The number of aromatic nitrogens is 3. The van der Waals surface area contributed by atoms with Crippen LogP contribution in [0.15, 0.2) is 0 Å². The maximum Gasteiger partial charge on any atom is 0.154 e. The molecule has 2 N–H and O–H groups in total. The van der Waals surface area contributed by atoms with Gasteiger partial charge in [-0.3, -0.25) is 0 Å². The van der Waals surface area contributed by atoms with Gasteiger partial charge in [0.1, 0.15) is 12.0 Å². The SMILES string of the molecule is NC1CCCc2nc(C3CCSC3)nn21. The highest BCUT2D eigenvalue weighted by Crippen LogP contribution is 2.31. The van der Waals surface area contributed by atoms with Gasteiger partial charge in [-0.05, 0) is 25.0 Å². The molecule has 2 aliphatic heterocycles. The van der Waals surface area contributed by atoms with Gasteiger partial charge >= 0.3 is 0 Å². The number of nitrogens with zero attached hydrogens (tertiary/aromatic N) is 3. The molecule has 1 aromatic rings. The summed E-state index contributed by atoms with van der Waals surface area (Å²) < 4.78 is 1.95. The first-order chi connectivity index (χ1) is 7.34. The Labute approximate surface area is 93.6 Å². The highest BCUT2D eigenvalue weighted by molar-refractivity contribution is 7.99. The lowest BCUT2D eigenvalue weighted by Gasteiger charge is -2.18. The van der Waals surface area contributed by atoms with Crippen molar-refractivity contribution >= 4 is 11.8 Å². The van der Waals surface area contributed by atoms with Crippen LogP contribution in [0.1, 0.15) is 43.0 Å². The summed E-state index contributed by atoms with van der Waals surface area (Å²) in [6.07, 6.45) is 4.52. The third-order valence-electron chi connectivity index (χ3n) is 3.23. The smallest absolute Gasteiger partial charge is 0.154 e. The minimum absolute atomic E-state index is 0.0593. The van der Waals surface area contributed by atoms with Crippen LogP contribution in [0.4, 0.5) is 0 Å². The molecule has 15 heavy (non-hydrogen) atoms. The van der Waals surface area contributed by atoms with E-state index in [9.17, 15) is 0 Å². The first-order valence-corrected chi connectivity index (χ1v) is 6.78. The maximum absolute atomic E-state index is 6.01. The summed E-state index contributed by atoms with van der Waals surface area (Å²) in [5.74, 6) is 5.13. The molecule has 82 valence electrons. The van der Waals surface area contributed by atoms with Crippen molar-refractivity contribution < 1.29 is 0 Å². The zero-order chi connectivity index (χ0) is 10.3. The number of thioether (sulfide) groups is 1. The molecule has 1 aromatic heterocycles. The molecular formula is C10H16N4S. The van der Waals surface area contributed by atoms with E-state index in [1.54, 1.807) is 0 Å². The fourth-order valence-corrected chi connectivity index (χ4v) is 3.53. The molecule has 0 spiro atoms. The van der Waals surface area contributed by atoms with E-state index in [2.05, 4.69) is 10.1 Å². The Morgan fingerprint density at radius 2 is 2.33 bits per heavy atom. The number of rotatable bonds is 1. The third-order valence-corrected chi connectivity index (χ3v) is 4.39. The van der Waals surface area contributed by atoms with Gasteiger partial charge < -0.3 is 5.73 Å². The van der Waals surface area contributed by atoms with Crippen molar-refractivity contribution in [1.29, 1.82) is 0 Å². The number of fused-ring (bicyclic) bond motifs is 1. The summed E-state index contributed by atoms with van der Waals surface area (Å²) in [4.78, 5) is 4.64. The summed E-state index contributed by atoms with van der Waals surface area (Å²) in [7, 11) is 0. The van der Waals surface area contributed by atoms with Crippen LogP contribution in [0.3, 0.4) is 0 Å². The van der Waals surface area contributed by atoms with Crippen LogP contribution >= 0.6 is 11.8 Å². The average molecular weight is 224 g/mol. The second-order valence-electron chi connectivity index (χ2n) is 4.35.